The van der Waals surface area contributed by atoms with Crippen molar-refractivity contribution < 1.29 is 0 Å². The second-order valence-corrected chi connectivity index (χ2v) is 4.23. The molecule has 62 valence electrons. The Kier molecular flexibility index (Phi) is 2.17. The van der Waals surface area contributed by atoms with Gasteiger partial charge in [0.2, 0.25) is 0 Å². The first-order valence-corrected chi connectivity index (χ1v) is 5.02. The summed E-state index contributed by atoms with van der Waals surface area (Å²) in [6.45, 7) is 0. The van der Waals surface area contributed by atoms with Gasteiger partial charge in [0.15, 0.2) is 0 Å². The van der Waals surface area contributed by atoms with Crippen molar-refractivity contribution in [2.45, 2.75) is 10.9 Å². The van der Waals surface area contributed by atoms with Gasteiger partial charge in [-0.3, -0.25) is 0 Å². The Balaban J connectivity index is 2.47. The van der Waals surface area contributed by atoms with Crippen LogP contribution in [0.2, 0.25) is 0 Å². The maximum absolute atomic E-state index is 4.99. The van der Waals surface area contributed by atoms with E-state index in [0.29, 0.717) is 6.04 Å². The van der Waals surface area contributed by atoms with Gasteiger partial charge in [-0.15, -0.1) is 0 Å². The number of hydrogen-bond acceptors (Lipinski definition) is 3. The molecule has 1 aromatic carbocycles. The molecular weight excluding hydrogens is 186 g/mol. The molecule has 1 nitrogen and oxygen atoms in total. The summed E-state index contributed by atoms with van der Waals surface area (Å²) in [6.07, 6.45) is 0. The van der Waals surface area contributed by atoms with Gasteiger partial charge in [0.25, 0.3) is 0 Å². The standard InChI is InChI=1S/C9H9NS2/c1-10-8(6-11)7-4-2-3-5-9(7)12-10/h2-6,8H,1H3. The number of hydrogen-bond donors (Lipinski definition) is 0. The third-order valence-electron chi connectivity index (χ3n) is 2.00. The molecule has 1 heterocycles. The second-order valence-electron chi connectivity index (χ2n) is 2.76. The fourth-order valence-corrected chi connectivity index (χ4v) is 2.81. The van der Waals surface area contributed by atoms with Crippen LogP contribution in [0.5, 0.6) is 0 Å². The highest BCUT2D eigenvalue weighted by atomic mass is 32.2. The van der Waals surface area contributed by atoms with Crippen LogP contribution in [0.25, 0.3) is 0 Å². The third kappa shape index (κ3) is 1.18. The summed E-state index contributed by atoms with van der Waals surface area (Å²) < 4.78 is 2.18. The molecule has 0 fully saturated rings. The van der Waals surface area contributed by atoms with Gasteiger partial charge < -0.3 is 0 Å². The van der Waals surface area contributed by atoms with Crippen LogP contribution in [0.15, 0.2) is 29.2 Å². The molecule has 1 aromatic rings. The third-order valence-corrected chi connectivity index (χ3v) is 3.34. The van der Waals surface area contributed by atoms with E-state index >= 15 is 0 Å². The Hall–Kier alpha value is -0.380. The summed E-state index contributed by atoms with van der Waals surface area (Å²) >= 11 is 6.74. The van der Waals surface area contributed by atoms with E-state index in [1.807, 2.05) is 5.37 Å². The summed E-state index contributed by atoms with van der Waals surface area (Å²) in [5.74, 6) is 0. The smallest absolute Gasteiger partial charge is 0.0746 e. The summed E-state index contributed by atoms with van der Waals surface area (Å²) in [5, 5.41) is 1.82. The number of benzene rings is 1. The van der Waals surface area contributed by atoms with Gasteiger partial charge >= 0.3 is 0 Å². The number of nitrogens with zero attached hydrogens (tertiary/aromatic N) is 1. The summed E-state index contributed by atoms with van der Waals surface area (Å²) in [6, 6.07) is 8.70. The Morgan fingerprint density at radius 3 is 3.00 bits per heavy atom. The Bertz CT molecular complexity index is 311. The lowest BCUT2D eigenvalue weighted by Crippen LogP contribution is -2.11. The van der Waals surface area contributed by atoms with Crippen LogP contribution >= 0.6 is 24.2 Å². The zero-order valence-corrected chi connectivity index (χ0v) is 8.36. The van der Waals surface area contributed by atoms with E-state index in [1.54, 1.807) is 11.9 Å². The van der Waals surface area contributed by atoms with Gasteiger partial charge in [-0.05, 0) is 30.6 Å². The SMILES string of the molecule is CN1Sc2ccccc2C1C=S. The summed E-state index contributed by atoms with van der Waals surface area (Å²) in [5.41, 5.74) is 1.33. The largest absolute Gasteiger partial charge is 0.237 e. The molecule has 1 atom stereocenters. The Morgan fingerprint density at radius 2 is 2.25 bits per heavy atom. The minimum atomic E-state index is 0.307. The van der Waals surface area contributed by atoms with Crippen molar-refractivity contribution in [2.75, 3.05) is 7.05 Å². The maximum Gasteiger partial charge on any atom is 0.0746 e. The van der Waals surface area contributed by atoms with E-state index in [1.165, 1.54) is 10.5 Å². The van der Waals surface area contributed by atoms with Crippen LogP contribution in [0.4, 0.5) is 0 Å². The van der Waals surface area contributed by atoms with Gasteiger partial charge in [-0.2, -0.15) is 0 Å². The Morgan fingerprint density at radius 1 is 1.50 bits per heavy atom. The summed E-state index contributed by atoms with van der Waals surface area (Å²) in [7, 11) is 2.07. The molecule has 1 aliphatic rings. The molecule has 2 rings (SSSR count). The van der Waals surface area contributed by atoms with Crippen LogP contribution in [-0.4, -0.2) is 16.7 Å². The molecule has 12 heavy (non-hydrogen) atoms. The number of fused-ring (bicyclic) bond motifs is 1. The highest BCUT2D eigenvalue weighted by Crippen LogP contribution is 2.41. The molecule has 0 bridgehead atoms. The lowest BCUT2D eigenvalue weighted by molar-refractivity contribution is 0.546. The molecule has 0 saturated carbocycles. The van der Waals surface area contributed by atoms with Gasteiger partial charge in [0.1, 0.15) is 0 Å². The van der Waals surface area contributed by atoms with Crippen LogP contribution in [0.1, 0.15) is 11.6 Å². The molecule has 0 N–H and O–H groups in total. The topological polar surface area (TPSA) is 3.24 Å². The van der Waals surface area contributed by atoms with Crippen molar-refractivity contribution in [3.05, 3.63) is 29.8 Å². The second kappa shape index (κ2) is 3.17. The fourth-order valence-electron chi connectivity index (χ4n) is 1.37. The van der Waals surface area contributed by atoms with E-state index in [2.05, 4.69) is 35.6 Å². The van der Waals surface area contributed by atoms with Gasteiger partial charge in [0, 0.05) is 10.3 Å². The van der Waals surface area contributed by atoms with Crippen LogP contribution < -0.4 is 0 Å². The lowest BCUT2D eigenvalue weighted by atomic mass is 10.1. The van der Waals surface area contributed by atoms with Gasteiger partial charge in [-0.25, -0.2) is 4.31 Å². The Labute approximate surface area is 81.9 Å². The van der Waals surface area contributed by atoms with E-state index in [9.17, 15) is 0 Å². The van der Waals surface area contributed by atoms with Crippen molar-refractivity contribution >= 4 is 29.5 Å². The van der Waals surface area contributed by atoms with Crippen molar-refractivity contribution in [3.8, 4) is 0 Å². The van der Waals surface area contributed by atoms with E-state index in [0.717, 1.165) is 0 Å². The molecule has 1 unspecified atom stereocenters. The summed E-state index contributed by atoms with van der Waals surface area (Å²) in [4.78, 5) is 1.33. The monoisotopic (exact) mass is 195 g/mol. The highest BCUT2D eigenvalue weighted by molar-refractivity contribution is 7.97. The fraction of sp³-hybridized carbons (Fsp3) is 0.222. The van der Waals surface area contributed by atoms with Crippen molar-refractivity contribution in [3.63, 3.8) is 0 Å². The first-order chi connectivity index (χ1) is 5.83. The minimum Gasteiger partial charge on any atom is -0.237 e. The molecule has 0 radical (unpaired) electrons. The number of thiocarbonyl (C=S) groups is 1. The van der Waals surface area contributed by atoms with Crippen molar-refractivity contribution in [1.82, 2.24) is 4.31 Å². The average Bonchev–Trinajstić information content (AvgIpc) is 2.40. The van der Waals surface area contributed by atoms with Crippen molar-refractivity contribution in [1.29, 1.82) is 0 Å². The zero-order valence-electron chi connectivity index (χ0n) is 6.73. The molecular formula is C9H9NS2. The van der Waals surface area contributed by atoms with E-state index in [-0.39, 0.29) is 0 Å². The quantitative estimate of drug-likeness (QED) is 0.501. The predicted octanol–water partition coefficient (Wildman–Crippen LogP) is 2.68. The van der Waals surface area contributed by atoms with Crippen LogP contribution in [-0.2, 0) is 0 Å². The van der Waals surface area contributed by atoms with E-state index < -0.39 is 0 Å². The van der Waals surface area contributed by atoms with Gasteiger partial charge in [-0.1, -0.05) is 30.4 Å². The molecule has 0 saturated heterocycles. The normalized spacial score (nSPS) is 22.2. The first kappa shape index (κ1) is 8.23. The molecule has 0 amide bonds. The van der Waals surface area contributed by atoms with E-state index in [4.69, 9.17) is 12.2 Å². The van der Waals surface area contributed by atoms with Gasteiger partial charge in [0.05, 0.1) is 6.04 Å². The zero-order chi connectivity index (χ0) is 8.55. The minimum absolute atomic E-state index is 0.307. The maximum atomic E-state index is 4.99. The predicted molar refractivity (Wildman–Crippen MR) is 56.5 cm³/mol. The molecule has 0 aliphatic carbocycles. The van der Waals surface area contributed by atoms with Crippen LogP contribution in [0, 0.1) is 0 Å². The molecule has 0 spiro atoms. The molecule has 3 heteroatoms. The average molecular weight is 195 g/mol. The van der Waals surface area contributed by atoms with Crippen LogP contribution in [0.3, 0.4) is 0 Å². The first-order valence-electron chi connectivity index (χ1n) is 3.78. The lowest BCUT2D eigenvalue weighted by Gasteiger charge is -2.12. The van der Waals surface area contributed by atoms with Crippen molar-refractivity contribution in [2.24, 2.45) is 0 Å². The number of rotatable bonds is 1. The highest BCUT2D eigenvalue weighted by Gasteiger charge is 2.25. The molecule has 0 aromatic heterocycles. The molecule has 1 aliphatic heterocycles.